The molecule has 1 N–H and O–H groups in total. The van der Waals surface area contributed by atoms with Gasteiger partial charge in [-0.25, -0.2) is 9.79 Å². The maximum Gasteiger partial charge on any atom is 0.335 e. The average Bonchev–Trinajstić information content (AvgIpc) is 3.09. The predicted molar refractivity (Wildman–Crippen MR) is 134 cm³/mol. The number of hydrogen-bond acceptors (Lipinski definition) is 4. The SMILES string of the molecule is O=C(O)c1ccc(N=C2SC(Cc3ccc(Cl)c(Cl)c3)C(=O)N2CCc2ccccc2)cc1. The van der Waals surface area contributed by atoms with Crippen LogP contribution in [0.3, 0.4) is 0 Å². The molecule has 1 amide bonds. The van der Waals surface area contributed by atoms with Crippen LogP contribution in [0.25, 0.3) is 0 Å². The van der Waals surface area contributed by atoms with Crippen molar-refractivity contribution in [2.24, 2.45) is 4.99 Å². The van der Waals surface area contributed by atoms with Crippen molar-refractivity contribution in [1.29, 1.82) is 0 Å². The van der Waals surface area contributed by atoms with Gasteiger partial charge in [0.1, 0.15) is 0 Å². The summed E-state index contributed by atoms with van der Waals surface area (Å²) in [5.74, 6) is -1.01. The number of aromatic carboxylic acids is 1. The molecule has 1 fully saturated rings. The zero-order chi connectivity index (χ0) is 23.4. The molecule has 1 aliphatic heterocycles. The summed E-state index contributed by atoms with van der Waals surface area (Å²) in [6.45, 7) is 0.500. The smallest absolute Gasteiger partial charge is 0.335 e. The quantitative estimate of drug-likeness (QED) is 0.426. The van der Waals surface area contributed by atoms with Gasteiger partial charge in [-0.1, -0.05) is 71.4 Å². The van der Waals surface area contributed by atoms with E-state index in [-0.39, 0.29) is 16.7 Å². The number of carboxylic acids is 1. The van der Waals surface area contributed by atoms with Crippen molar-refractivity contribution in [3.63, 3.8) is 0 Å². The van der Waals surface area contributed by atoms with Crippen molar-refractivity contribution in [2.45, 2.75) is 18.1 Å². The molecule has 0 aromatic heterocycles. The Balaban J connectivity index is 1.58. The van der Waals surface area contributed by atoms with Gasteiger partial charge in [0.15, 0.2) is 5.17 Å². The van der Waals surface area contributed by atoms with Gasteiger partial charge < -0.3 is 5.11 Å². The summed E-state index contributed by atoms with van der Waals surface area (Å²) < 4.78 is 0. The molecule has 0 bridgehead atoms. The van der Waals surface area contributed by atoms with E-state index in [2.05, 4.69) is 4.99 Å². The van der Waals surface area contributed by atoms with Crippen molar-refractivity contribution in [3.8, 4) is 0 Å². The summed E-state index contributed by atoms with van der Waals surface area (Å²) in [5, 5.41) is 10.3. The Bertz CT molecular complexity index is 1200. The number of rotatable bonds is 7. The van der Waals surface area contributed by atoms with Crippen molar-refractivity contribution < 1.29 is 14.7 Å². The van der Waals surface area contributed by atoms with E-state index in [1.54, 1.807) is 29.2 Å². The van der Waals surface area contributed by atoms with Gasteiger partial charge in [0, 0.05) is 6.54 Å². The van der Waals surface area contributed by atoms with E-state index in [9.17, 15) is 9.59 Å². The minimum Gasteiger partial charge on any atom is -0.478 e. The van der Waals surface area contributed by atoms with Crippen LogP contribution >= 0.6 is 35.0 Å². The lowest BCUT2D eigenvalue weighted by molar-refractivity contribution is -0.126. The molecule has 0 radical (unpaired) electrons. The highest BCUT2D eigenvalue weighted by molar-refractivity contribution is 8.15. The van der Waals surface area contributed by atoms with Gasteiger partial charge in [-0.15, -0.1) is 0 Å². The lowest BCUT2D eigenvalue weighted by Gasteiger charge is -2.16. The fraction of sp³-hybridized carbons (Fsp3) is 0.160. The molecule has 3 aromatic rings. The zero-order valence-corrected chi connectivity index (χ0v) is 19.8. The van der Waals surface area contributed by atoms with Crippen LogP contribution in [-0.2, 0) is 17.6 Å². The van der Waals surface area contributed by atoms with Gasteiger partial charge in [0.2, 0.25) is 5.91 Å². The molecule has 1 unspecified atom stereocenters. The highest BCUT2D eigenvalue weighted by Gasteiger charge is 2.37. The van der Waals surface area contributed by atoms with Crippen LogP contribution in [0.4, 0.5) is 5.69 Å². The molecule has 1 aliphatic rings. The van der Waals surface area contributed by atoms with Crippen LogP contribution < -0.4 is 0 Å². The Labute approximate surface area is 206 Å². The number of benzene rings is 3. The van der Waals surface area contributed by atoms with E-state index < -0.39 is 5.97 Å². The van der Waals surface area contributed by atoms with E-state index in [1.165, 1.54) is 23.9 Å². The maximum atomic E-state index is 13.3. The highest BCUT2D eigenvalue weighted by atomic mass is 35.5. The standard InChI is InChI=1S/C25H20Cl2N2O3S/c26-20-11-6-17(14-21(20)27)15-22-23(30)29(13-12-16-4-2-1-3-5-16)25(33-22)28-19-9-7-18(8-10-19)24(31)32/h1-11,14,22H,12-13,15H2,(H,31,32). The Morgan fingerprint density at radius 1 is 0.970 bits per heavy atom. The fourth-order valence-corrected chi connectivity index (χ4v) is 5.03. The third kappa shape index (κ3) is 5.77. The molecule has 0 saturated carbocycles. The molecule has 168 valence electrons. The summed E-state index contributed by atoms with van der Waals surface area (Å²) in [5.41, 5.74) is 2.83. The second-order valence-corrected chi connectivity index (χ2v) is 9.52. The van der Waals surface area contributed by atoms with Gasteiger partial charge in [-0.2, -0.15) is 0 Å². The molecule has 8 heteroatoms. The number of carboxylic acid groups (broad SMARTS) is 1. The van der Waals surface area contributed by atoms with E-state index in [0.717, 1.165) is 11.1 Å². The summed E-state index contributed by atoms with van der Waals surface area (Å²) in [7, 11) is 0. The van der Waals surface area contributed by atoms with Gasteiger partial charge in [-0.05, 0) is 60.4 Å². The second kappa shape index (κ2) is 10.4. The zero-order valence-electron chi connectivity index (χ0n) is 17.4. The van der Waals surface area contributed by atoms with Gasteiger partial charge in [0.25, 0.3) is 0 Å². The minimum absolute atomic E-state index is 0.0112. The molecule has 3 aromatic carbocycles. The van der Waals surface area contributed by atoms with Gasteiger partial charge >= 0.3 is 5.97 Å². The minimum atomic E-state index is -0.995. The molecule has 1 heterocycles. The number of amidine groups is 1. The van der Waals surface area contributed by atoms with Crippen molar-refractivity contribution in [3.05, 3.63) is 99.5 Å². The number of thioether (sulfide) groups is 1. The van der Waals surface area contributed by atoms with Crippen molar-refractivity contribution >= 4 is 57.7 Å². The first kappa shape index (κ1) is 23.4. The molecule has 1 atom stereocenters. The molecule has 1 saturated heterocycles. The number of aliphatic imine (C=N–C) groups is 1. The van der Waals surface area contributed by atoms with Crippen LogP contribution in [0.2, 0.25) is 10.0 Å². The topological polar surface area (TPSA) is 70.0 Å². The number of carbonyl (C=O) groups excluding carboxylic acids is 1. The van der Waals surface area contributed by atoms with Crippen molar-refractivity contribution in [2.75, 3.05) is 6.54 Å². The number of nitrogens with zero attached hydrogens (tertiary/aromatic N) is 2. The second-order valence-electron chi connectivity index (χ2n) is 7.53. The van der Waals surface area contributed by atoms with E-state index >= 15 is 0 Å². The highest BCUT2D eigenvalue weighted by Crippen LogP contribution is 2.33. The van der Waals surface area contributed by atoms with Gasteiger partial charge in [0.05, 0.1) is 26.5 Å². The van der Waals surface area contributed by atoms with Crippen molar-refractivity contribution in [1.82, 2.24) is 4.90 Å². The summed E-state index contributed by atoms with van der Waals surface area (Å²) in [6, 6.07) is 21.6. The van der Waals surface area contributed by atoms with Crippen LogP contribution in [0.1, 0.15) is 21.5 Å². The van der Waals surface area contributed by atoms with E-state index in [0.29, 0.717) is 40.3 Å². The molecular weight excluding hydrogens is 479 g/mol. The van der Waals surface area contributed by atoms with Crippen LogP contribution in [0.15, 0.2) is 77.8 Å². The number of carbonyl (C=O) groups is 2. The first-order valence-corrected chi connectivity index (χ1v) is 11.9. The Hall–Kier alpha value is -2.80. The van der Waals surface area contributed by atoms with E-state index in [4.69, 9.17) is 28.3 Å². The normalized spacial score (nSPS) is 17.0. The molecular formula is C25H20Cl2N2O3S. The van der Waals surface area contributed by atoms with Crippen LogP contribution in [0.5, 0.6) is 0 Å². The van der Waals surface area contributed by atoms with Crippen LogP contribution in [0, 0.1) is 0 Å². The molecule has 0 spiro atoms. The molecule has 33 heavy (non-hydrogen) atoms. The fourth-order valence-electron chi connectivity index (χ4n) is 3.49. The summed E-state index contributed by atoms with van der Waals surface area (Å²) >= 11 is 13.6. The monoisotopic (exact) mass is 498 g/mol. The summed E-state index contributed by atoms with van der Waals surface area (Å²) in [4.78, 5) is 30.8. The predicted octanol–water partition coefficient (Wildman–Crippen LogP) is 6.11. The first-order chi connectivity index (χ1) is 15.9. The number of halogens is 2. The molecule has 4 rings (SSSR count). The van der Waals surface area contributed by atoms with Gasteiger partial charge in [-0.3, -0.25) is 9.69 Å². The van der Waals surface area contributed by atoms with Crippen LogP contribution in [-0.4, -0.2) is 38.8 Å². The summed E-state index contributed by atoms with van der Waals surface area (Å²) in [6.07, 6.45) is 1.20. The lowest BCUT2D eigenvalue weighted by atomic mass is 10.1. The lowest BCUT2D eigenvalue weighted by Crippen LogP contribution is -2.34. The Kier molecular flexibility index (Phi) is 7.38. The molecule has 5 nitrogen and oxygen atoms in total. The van der Waals surface area contributed by atoms with E-state index in [1.807, 2.05) is 36.4 Å². The molecule has 0 aliphatic carbocycles. The number of amides is 1. The average molecular weight is 499 g/mol. The Morgan fingerprint density at radius 3 is 2.36 bits per heavy atom. The number of hydrogen-bond donors (Lipinski definition) is 1. The first-order valence-electron chi connectivity index (χ1n) is 10.3. The third-order valence-electron chi connectivity index (χ3n) is 5.23. The third-order valence-corrected chi connectivity index (χ3v) is 7.15. The largest absolute Gasteiger partial charge is 0.478 e. The Morgan fingerprint density at radius 2 is 1.70 bits per heavy atom. The maximum absolute atomic E-state index is 13.3.